The highest BCUT2D eigenvalue weighted by atomic mass is 16.6. The smallest absolute Gasteiger partial charge is 0.226 e. The molecule has 7 nitrogen and oxygen atoms in total. The summed E-state index contributed by atoms with van der Waals surface area (Å²) in [6, 6.07) is 8.46. The fourth-order valence-electron chi connectivity index (χ4n) is 4.60. The Kier molecular flexibility index (Phi) is 9.45. The summed E-state index contributed by atoms with van der Waals surface area (Å²) in [6.45, 7) is 11.3. The van der Waals surface area contributed by atoms with E-state index < -0.39 is 6.10 Å². The quantitative estimate of drug-likeness (QED) is 0.343. The molecule has 0 bridgehead atoms. The van der Waals surface area contributed by atoms with Gasteiger partial charge in [-0.25, -0.2) is 4.98 Å². The van der Waals surface area contributed by atoms with Crippen LogP contribution in [-0.2, 0) is 9.63 Å². The topological polar surface area (TPSA) is 79.9 Å². The Morgan fingerprint density at radius 1 is 1.32 bits per heavy atom. The summed E-state index contributed by atoms with van der Waals surface area (Å²) in [6.07, 6.45) is 8.79. The van der Waals surface area contributed by atoms with Crippen LogP contribution >= 0.6 is 0 Å². The number of carbonyl (C=O) groups excluding carboxylic acids is 1. The van der Waals surface area contributed by atoms with Gasteiger partial charge in [-0.2, -0.15) is 0 Å². The highest BCUT2D eigenvalue weighted by Crippen LogP contribution is 2.42. The second-order valence-electron chi connectivity index (χ2n) is 9.04. The van der Waals surface area contributed by atoms with Gasteiger partial charge >= 0.3 is 0 Å². The van der Waals surface area contributed by atoms with Gasteiger partial charge in [0, 0.05) is 18.7 Å². The zero-order valence-corrected chi connectivity index (χ0v) is 20.7. The average Bonchev–Trinajstić information content (AvgIpc) is 3.44. The predicted molar refractivity (Wildman–Crippen MR) is 136 cm³/mol. The highest BCUT2D eigenvalue weighted by molar-refractivity contribution is 5.91. The van der Waals surface area contributed by atoms with Crippen molar-refractivity contribution in [2.75, 3.05) is 19.7 Å². The van der Waals surface area contributed by atoms with Crippen molar-refractivity contribution in [3.8, 4) is 11.3 Å². The molecule has 1 aromatic carbocycles. The fraction of sp³-hybridized carbons (Fsp3) is 0.519. The van der Waals surface area contributed by atoms with E-state index in [2.05, 4.69) is 53.3 Å². The minimum atomic E-state index is -0.414. The summed E-state index contributed by atoms with van der Waals surface area (Å²) in [5.74, 6) is 0.270. The Morgan fingerprint density at radius 2 is 2.03 bits per heavy atom. The van der Waals surface area contributed by atoms with E-state index in [1.54, 1.807) is 13.0 Å². The molecule has 4 rings (SSSR count). The van der Waals surface area contributed by atoms with E-state index in [1.165, 1.54) is 17.5 Å². The molecule has 1 saturated heterocycles. The van der Waals surface area contributed by atoms with Gasteiger partial charge in [0.05, 0.1) is 42.5 Å². The van der Waals surface area contributed by atoms with Crippen molar-refractivity contribution >= 4 is 11.6 Å². The molecule has 0 spiro atoms. The van der Waals surface area contributed by atoms with Crippen LogP contribution in [0, 0.1) is 5.92 Å². The van der Waals surface area contributed by atoms with Crippen LogP contribution in [-0.4, -0.2) is 57.0 Å². The number of aliphatic hydroxyl groups is 1. The van der Waals surface area contributed by atoms with Gasteiger partial charge in [-0.3, -0.25) is 4.79 Å². The second kappa shape index (κ2) is 12.5. The Bertz CT molecular complexity index is 976. The van der Waals surface area contributed by atoms with Gasteiger partial charge in [0.15, 0.2) is 0 Å². The molecule has 3 heterocycles. The fourth-order valence-corrected chi connectivity index (χ4v) is 4.60. The Labute approximate surface area is 203 Å². The number of imidazole rings is 1. The number of amides is 1. The predicted octanol–water partition coefficient (Wildman–Crippen LogP) is 4.83. The summed E-state index contributed by atoms with van der Waals surface area (Å²) < 4.78 is 2.17. The van der Waals surface area contributed by atoms with Crippen LogP contribution in [0.5, 0.6) is 0 Å². The van der Waals surface area contributed by atoms with Gasteiger partial charge in [-0.15, -0.1) is 0 Å². The van der Waals surface area contributed by atoms with Crippen molar-refractivity contribution in [3.05, 3.63) is 55.0 Å². The van der Waals surface area contributed by atoms with Gasteiger partial charge in [-0.1, -0.05) is 56.3 Å². The number of oxime groups is 1. The molecule has 2 atom stereocenters. The van der Waals surface area contributed by atoms with Crippen LogP contribution in [0.3, 0.4) is 0 Å². The number of allylic oxidation sites excluding steroid dienone is 1. The van der Waals surface area contributed by atoms with Crippen molar-refractivity contribution in [1.29, 1.82) is 0 Å². The third-order valence-electron chi connectivity index (χ3n) is 6.41. The first kappa shape index (κ1) is 25.7. The van der Waals surface area contributed by atoms with Gasteiger partial charge in [0.1, 0.15) is 6.61 Å². The maximum Gasteiger partial charge on any atom is 0.226 e. The third kappa shape index (κ3) is 6.14. The van der Waals surface area contributed by atoms with E-state index in [0.717, 1.165) is 18.5 Å². The number of aliphatic hydroxyl groups excluding tert-OH is 1. The van der Waals surface area contributed by atoms with E-state index in [-0.39, 0.29) is 24.5 Å². The van der Waals surface area contributed by atoms with Gasteiger partial charge < -0.3 is 19.4 Å². The largest absolute Gasteiger partial charge is 0.395 e. The zero-order chi connectivity index (χ0) is 24.5. The molecule has 1 fully saturated rings. The second-order valence-corrected chi connectivity index (χ2v) is 9.04. The van der Waals surface area contributed by atoms with Crippen LogP contribution in [0.25, 0.3) is 11.3 Å². The number of hydrogen-bond donors (Lipinski definition) is 1. The SMILES string of the molecule is C=C/C(C)=N\OCCC(=O)N1CCC(C(O)CC2c3ccccc3-c3cncn32)CC1.CCC. The van der Waals surface area contributed by atoms with Crippen molar-refractivity contribution in [2.45, 2.75) is 65.0 Å². The average molecular weight is 467 g/mol. The molecule has 0 aliphatic carbocycles. The molecule has 0 saturated carbocycles. The monoisotopic (exact) mass is 466 g/mol. The molecular formula is C27H38N4O3. The maximum atomic E-state index is 12.4. The summed E-state index contributed by atoms with van der Waals surface area (Å²) >= 11 is 0. The molecule has 2 unspecified atom stereocenters. The number of piperidine rings is 1. The van der Waals surface area contributed by atoms with E-state index >= 15 is 0 Å². The summed E-state index contributed by atoms with van der Waals surface area (Å²) in [5.41, 5.74) is 4.26. The lowest BCUT2D eigenvalue weighted by Crippen LogP contribution is -2.41. The Balaban J connectivity index is 0.00000103. The lowest BCUT2D eigenvalue weighted by molar-refractivity contribution is -0.134. The van der Waals surface area contributed by atoms with Gasteiger partial charge in [0.25, 0.3) is 0 Å². The van der Waals surface area contributed by atoms with Crippen LogP contribution in [0.2, 0.25) is 0 Å². The number of fused-ring (bicyclic) bond motifs is 3. The number of carbonyl (C=O) groups is 1. The lowest BCUT2D eigenvalue weighted by atomic mass is 9.86. The molecular weight excluding hydrogens is 428 g/mol. The Hall–Kier alpha value is -2.93. The molecule has 7 heteroatoms. The minimum Gasteiger partial charge on any atom is -0.395 e. The number of aromatic nitrogens is 2. The van der Waals surface area contributed by atoms with Crippen molar-refractivity contribution in [3.63, 3.8) is 0 Å². The zero-order valence-electron chi connectivity index (χ0n) is 20.7. The first-order chi connectivity index (χ1) is 16.5. The lowest BCUT2D eigenvalue weighted by Gasteiger charge is -2.35. The van der Waals surface area contributed by atoms with E-state index in [9.17, 15) is 9.90 Å². The molecule has 2 aromatic rings. The van der Waals surface area contributed by atoms with Gasteiger partial charge in [0.2, 0.25) is 5.91 Å². The molecule has 34 heavy (non-hydrogen) atoms. The first-order valence-electron chi connectivity index (χ1n) is 12.4. The molecule has 0 radical (unpaired) electrons. The van der Waals surface area contributed by atoms with Crippen LogP contribution in [0.15, 0.2) is 54.6 Å². The van der Waals surface area contributed by atoms with Crippen LogP contribution in [0.1, 0.15) is 64.5 Å². The molecule has 1 aromatic heterocycles. The van der Waals surface area contributed by atoms with E-state index in [0.29, 0.717) is 31.6 Å². The molecule has 1 amide bonds. The standard InChI is InChI=1S/C24H30N4O3.C3H8/c1-3-17(2)26-31-13-10-24(30)27-11-8-18(9-12-27)23(29)14-21-19-6-4-5-7-20(19)22-15-25-16-28(21)22;1-3-2/h3-7,15-16,18,21,23,29H,1,8-14H2,2H3;3H2,1-2H3/b26-17-;. The normalized spacial score (nSPS) is 18.4. The number of likely N-dealkylation sites (tertiary alicyclic amines) is 1. The Morgan fingerprint density at radius 3 is 2.74 bits per heavy atom. The molecule has 2 aliphatic rings. The summed E-state index contributed by atoms with van der Waals surface area (Å²) in [4.78, 5) is 23.7. The van der Waals surface area contributed by atoms with Crippen molar-refractivity contribution in [1.82, 2.24) is 14.5 Å². The van der Waals surface area contributed by atoms with Crippen LogP contribution in [0.4, 0.5) is 0 Å². The summed E-state index contributed by atoms with van der Waals surface area (Å²) in [5, 5.41) is 14.9. The van der Waals surface area contributed by atoms with Crippen LogP contribution < -0.4 is 0 Å². The van der Waals surface area contributed by atoms with Crippen molar-refractivity contribution < 1.29 is 14.7 Å². The highest BCUT2D eigenvalue weighted by Gasteiger charge is 2.33. The molecule has 184 valence electrons. The van der Waals surface area contributed by atoms with E-state index in [1.807, 2.05) is 23.5 Å². The number of hydrogen-bond acceptors (Lipinski definition) is 5. The van der Waals surface area contributed by atoms with E-state index in [4.69, 9.17) is 4.84 Å². The maximum absolute atomic E-state index is 12.4. The third-order valence-corrected chi connectivity index (χ3v) is 6.41. The summed E-state index contributed by atoms with van der Waals surface area (Å²) in [7, 11) is 0. The number of nitrogens with zero attached hydrogens (tertiary/aromatic N) is 4. The number of benzene rings is 1. The molecule has 1 N–H and O–H groups in total. The first-order valence-corrected chi connectivity index (χ1v) is 12.4. The number of rotatable bonds is 8. The van der Waals surface area contributed by atoms with Gasteiger partial charge in [-0.05, 0) is 43.7 Å². The molecule has 2 aliphatic heterocycles. The van der Waals surface area contributed by atoms with Crippen molar-refractivity contribution in [2.24, 2.45) is 11.1 Å². The minimum absolute atomic E-state index is 0.0761.